The van der Waals surface area contributed by atoms with Crippen molar-refractivity contribution < 1.29 is 9.53 Å². The Morgan fingerprint density at radius 3 is 2.55 bits per heavy atom. The third kappa shape index (κ3) is 5.25. The molecular weight excluding hydrogens is 272 g/mol. The van der Waals surface area contributed by atoms with Crippen LogP contribution in [0.1, 0.15) is 39.2 Å². The Morgan fingerprint density at radius 1 is 1.30 bits per heavy atom. The molecule has 110 valence electrons. The summed E-state index contributed by atoms with van der Waals surface area (Å²) >= 11 is 1.22. The molecule has 0 radical (unpaired) electrons. The third-order valence-corrected chi connectivity index (χ3v) is 3.29. The first-order chi connectivity index (χ1) is 9.41. The Labute approximate surface area is 124 Å². The number of nitrogens with zero attached hydrogens (tertiary/aromatic N) is 1. The van der Waals surface area contributed by atoms with Crippen molar-refractivity contribution in [3.05, 3.63) is 29.8 Å². The molecule has 1 rings (SSSR count). The fourth-order valence-electron chi connectivity index (χ4n) is 1.54. The highest BCUT2D eigenvalue weighted by molar-refractivity contribution is 8.13. The molecule has 20 heavy (non-hydrogen) atoms. The van der Waals surface area contributed by atoms with Crippen molar-refractivity contribution in [2.24, 2.45) is 16.6 Å². The molecule has 0 aliphatic heterocycles. The SMILES string of the molecule is CC(C)C(=O)OCSC(N)=Nc1ccccc1C(C)C. The number of carbonyl (C=O) groups excluding carboxylic acids is 1. The Hall–Kier alpha value is -1.49. The highest BCUT2D eigenvalue weighted by atomic mass is 32.2. The zero-order valence-corrected chi connectivity index (χ0v) is 13.2. The standard InChI is InChI=1S/C15H22N2O2S/c1-10(2)12-7-5-6-8-13(12)17-15(16)20-9-19-14(18)11(3)4/h5-8,10-11H,9H2,1-4H3,(H2,16,17). The van der Waals surface area contributed by atoms with Crippen LogP contribution in [0.5, 0.6) is 0 Å². The minimum atomic E-state index is -0.229. The van der Waals surface area contributed by atoms with Gasteiger partial charge in [0.15, 0.2) is 5.17 Å². The summed E-state index contributed by atoms with van der Waals surface area (Å²) in [6, 6.07) is 7.90. The molecule has 0 amide bonds. The lowest BCUT2D eigenvalue weighted by Gasteiger charge is -2.10. The smallest absolute Gasteiger partial charge is 0.309 e. The zero-order chi connectivity index (χ0) is 15.1. The molecular formula is C15H22N2O2S. The molecule has 0 heterocycles. The summed E-state index contributed by atoms with van der Waals surface area (Å²) in [5.74, 6) is 0.214. The number of rotatable bonds is 5. The number of thioether (sulfide) groups is 1. The fourth-order valence-corrected chi connectivity index (χ4v) is 2.00. The Bertz CT molecular complexity index is 485. The number of nitrogens with two attached hydrogens (primary N) is 1. The zero-order valence-electron chi connectivity index (χ0n) is 12.4. The van der Waals surface area contributed by atoms with E-state index in [9.17, 15) is 4.79 Å². The van der Waals surface area contributed by atoms with E-state index < -0.39 is 0 Å². The Balaban J connectivity index is 2.63. The van der Waals surface area contributed by atoms with Crippen molar-refractivity contribution in [2.45, 2.75) is 33.6 Å². The molecule has 1 aromatic rings. The van der Waals surface area contributed by atoms with Gasteiger partial charge in [0.25, 0.3) is 0 Å². The van der Waals surface area contributed by atoms with Crippen LogP contribution in [0.25, 0.3) is 0 Å². The lowest BCUT2D eigenvalue weighted by Crippen LogP contribution is -2.14. The first kappa shape index (κ1) is 16.6. The number of carbonyl (C=O) groups is 1. The van der Waals surface area contributed by atoms with E-state index in [-0.39, 0.29) is 17.8 Å². The molecule has 0 aliphatic rings. The fraction of sp³-hybridized carbons (Fsp3) is 0.467. The van der Waals surface area contributed by atoms with Crippen molar-refractivity contribution in [1.29, 1.82) is 0 Å². The molecule has 0 fully saturated rings. The highest BCUT2D eigenvalue weighted by Gasteiger charge is 2.09. The number of amidine groups is 1. The minimum absolute atomic E-state index is 0.129. The van der Waals surface area contributed by atoms with E-state index in [0.717, 1.165) is 11.3 Å². The second-order valence-corrected chi connectivity index (χ2v) is 5.99. The second-order valence-electron chi connectivity index (χ2n) is 5.04. The van der Waals surface area contributed by atoms with Crippen LogP contribution in [0, 0.1) is 5.92 Å². The summed E-state index contributed by atoms with van der Waals surface area (Å²) in [7, 11) is 0. The summed E-state index contributed by atoms with van der Waals surface area (Å²) in [5.41, 5.74) is 7.87. The van der Waals surface area contributed by atoms with Gasteiger partial charge in [-0.1, -0.05) is 45.9 Å². The van der Waals surface area contributed by atoms with Gasteiger partial charge in [0.1, 0.15) is 5.94 Å². The molecule has 0 aromatic heterocycles. The number of para-hydroxylation sites is 1. The average Bonchev–Trinajstić information content (AvgIpc) is 2.38. The van der Waals surface area contributed by atoms with Crippen molar-refractivity contribution in [3.63, 3.8) is 0 Å². The quantitative estimate of drug-likeness (QED) is 0.390. The van der Waals surface area contributed by atoms with Crippen LogP contribution in [0.3, 0.4) is 0 Å². The number of benzene rings is 1. The van der Waals surface area contributed by atoms with E-state index in [1.54, 1.807) is 13.8 Å². The van der Waals surface area contributed by atoms with Crippen LogP contribution in [0.4, 0.5) is 5.69 Å². The number of esters is 1. The normalized spacial score (nSPS) is 12.0. The van der Waals surface area contributed by atoms with E-state index >= 15 is 0 Å². The van der Waals surface area contributed by atoms with E-state index in [4.69, 9.17) is 10.5 Å². The van der Waals surface area contributed by atoms with Crippen molar-refractivity contribution in [2.75, 3.05) is 5.94 Å². The predicted molar refractivity (Wildman–Crippen MR) is 85.2 cm³/mol. The summed E-state index contributed by atoms with van der Waals surface area (Å²) in [4.78, 5) is 15.7. The average molecular weight is 294 g/mol. The molecule has 0 aliphatic carbocycles. The first-order valence-electron chi connectivity index (χ1n) is 6.64. The minimum Gasteiger partial charge on any atom is -0.454 e. The van der Waals surface area contributed by atoms with Gasteiger partial charge in [0, 0.05) is 0 Å². The molecule has 4 nitrogen and oxygen atoms in total. The Kier molecular flexibility index (Phi) is 6.58. The molecule has 0 atom stereocenters. The second kappa shape index (κ2) is 7.94. The van der Waals surface area contributed by atoms with Gasteiger partial charge in [-0.2, -0.15) is 0 Å². The first-order valence-corrected chi connectivity index (χ1v) is 7.63. The number of ether oxygens (including phenoxy) is 1. The van der Waals surface area contributed by atoms with E-state index in [1.807, 2.05) is 24.3 Å². The Morgan fingerprint density at radius 2 is 1.95 bits per heavy atom. The monoisotopic (exact) mass is 294 g/mol. The van der Waals surface area contributed by atoms with Crippen molar-refractivity contribution in [3.8, 4) is 0 Å². The van der Waals surface area contributed by atoms with Crippen LogP contribution in [0.2, 0.25) is 0 Å². The van der Waals surface area contributed by atoms with Crippen LogP contribution in [0.15, 0.2) is 29.3 Å². The number of aliphatic imine (C=N–C) groups is 1. The van der Waals surface area contributed by atoms with Crippen molar-refractivity contribution >= 4 is 28.6 Å². The molecule has 0 saturated heterocycles. The molecule has 1 aromatic carbocycles. The lowest BCUT2D eigenvalue weighted by atomic mass is 10.0. The lowest BCUT2D eigenvalue weighted by molar-refractivity contribution is -0.144. The van der Waals surface area contributed by atoms with Gasteiger partial charge in [-0.05, 0) is 29.3 Å². The summed E-state index contributed by atoms with van der Waals surface area (Å²) in [6.07, 6.45) is 0. The van der Waals surface area contributed by atoms with Crippen LogP contribution in [-0.2, 0) is 9.53 Å². The van der Waals surface area contributed by atoms with Crippen LogP contribution < -0.4 is 5.73 Å². The maximum atomic E-state index is 11.3. The summed E-state index contributed by atoms with van der Waals surface area (Å²) in [6.45, 7) is 7.82. The van der Waals surface area contributed by atoms with Gasteiger partial charge in [-0.3, -0.25) is 4.79 Å². The van der Waals surface area contributed by atoms with Gasteiger partial charge in [0.2, 0.25) is 0 Å². The van der Waals surface area contributed by atoms with Gasteiger partial charge in [0.05, 0.1) is 11.6 Å². The van der Waals surface area contributed by atoms with Crippen LogP contribution >= 0.6 is 11.8 Å². The van der Waals surface area contributed by atoms with Crippen molar-refractivity contribution in [1.82, 2.24) is 0 Å². The molecule has 2 N–H and O–H groups in total. The molecule has 0 bridgehead atoms. The molecule has 0 saturated carbocycles. The molecule has 0 unspecified atom stereocenters. The summed E-state index contributed by atoms with van der Waals surface area (Å²) in [5, 5.41) is 0.398. The molecule has 5 heteroatoms. The summed E-state index contributed by atoms with van der Waals surface area (Å²) < 4.78 is 5.05. The highest BCUT2D eigenvalue weighted by Crippen LogP contribution is 2.26. The van der Waals surface area contributed by atoms with Crippen LogP contribution in [-0.4, -0.2) is 17.1 Å². The van der Waals surface area contributed by atoms with Gasteiger partial charge in [-0.25, -0.2) is 4.99 Å². The van der Waals surface area contributed by atoms with Gasteiger partial charge >= 0.3 is 5.97 Å². The topological polar surface area (TPSA) is 64.7 Å². The predicted octanol–water partition coefficient (Wildman–Crippen LogP) is 3.65. The van der Waals surface area contributed by atoms with E-state index in [1.165, 1.54) is 11.8 Å². The number of hydrogen-bond acceptors (Lipinski definition) is 4. The number of hydrogen-bond donors (Lipinski definition) is 1. The maximum Gasteiger partial charge on any atom is 0.309 e. The maximum absolute atomic E-state index is 11.3. The van der Waals surface area contributed by atoms with E-state index in [0.29, 0.717) is 11.1 Å². The largest absolute Gasteiger partial charge is 0.454 e. The van der Waals surface area contributed by atoms with E-state index in [2.05, 4.69) is 18.8 Å². The van der Waals surface area contributed by atoms with Gasteiger partial charge in [-0.15, -0.1) is 0 Å². The van der Waals surface area contributed by atoms with Gasteiger partial charge < -0.3 is 10.5 Å². The third-order valence-electron chi connectivity index (χ3n) is 2.67. The molecule has 0 spiro atoms.